The van der Waals surface area contributed by atoms with Crippen LogP contribution in [0.4, 0.5) is 10.6 Å². The molecule has 0 saturated heterocycles. The Balaban J connectivity index is 0.00000289. The molecular weight excluding hydrogens is 252 g/mol. The summed E-state index contributed by atoms with van der Waals surface area (Å²) in [6.07, 6.45) is 0. The summed E-state index contributed by atoms with van der Waals surface area (Å²) in [5.41, 5.74) is 0.950. The molecule has 1 aromatic heterocycles. The zero-order valence-electron chi connectivity index (χ0n) is 11.5. The van der Waals surface area contributed by atoms with Crippen molar-refractivity contribution in [3.63, 3.8) is 0 Å². The highest BCUT2D eigenvalue weighted by atomic mass is 35.5. The summed E-state index contributed by atoms with van der Waals surface area (Å²) >= 11 is 0. The fourth-order valence-corrected chi connectivity index (χ4v) is 1.46. The van der Waals surface area contributed by atoms with Gasteiger partial charge < -0.3 is 9.80 Å². The minimum Gasteiger partial charge on any atom is -0.330 e. The average molecular weight is 273 g/mol. The molecule has 0 aromatic carbocycles. The molecule has 0 unspecified atom stereocenters. The summed E-state index contributed by atoms with van der Waals surface area (Å²) in [7, 11) is 9.15. The molecule has 102 valence electrons. The molecule has 0 N–H and O–H groups in total. The van der Waals surface area contributed by atoms with Gasteiger partial charge >= 0.3 is 6.03 Å². The molecule has 0 fully saturated rings. The highest BCUT2D eigenvalue weighted by Gasteiger charge is 2.13. The molecule has 0 bridgehead atoms. The molecule has 1 rings (SSSR count). The molecule has 6 heteroatoms. The molecule has 18 heavy (non-hydrogen) atoms. The van der Waals surface area contributed by atoms with Crippen LogP contribution in [0.2, 0.25) is 0 Å². The highest BCUT2D eigenvalue weighted by Crippen LogP contribution is 2.11. The third kappa shape index (κ3) is 4.50. The second-order valence-corrected chi connectivity index (χ2v) is 4.46. The zero-order chi connectivity index (χ0) is 13.0. The number of pyridine rings is 1. The summed E-state index contributed by atoms with van der Waals surface area (Å²) < 4.78 is 0. The Morgan fingerprint density at radius 2 is 1.78 bits per heavy atom. The Bertz CT molecular complexity index is 395. The lowest BCUT2D eigenvalue weighted by Crippen LogP contribution is -2.36. The van der Waals surface area contributed by atoms with Crippen molar-refractivity contribution in [1.29, 1.82) is 0 Å². The van der Waals surface area contributed by atoms with Crippen molar-refractivity contribution >= 4 is 24.3 Å². The lowest BCUT2D eigenvalue weighted by atomic mass is 10.3. The van der Waals surface area contributed by atoms with Crippen molar-refractivity contribution in [2.45, 2.75) is 6.54 Å². The maximum Gasteiger partial charge on any atom is 0.324 e. The van der Waals surface area contributed by atoms with Gasteiger partial charge in [0.1, 0.15) is 5.82 Å². The van der Waals surface area contributed by atoms with E-state index < -0.39 is 0 Å². The number of rotatable bonds is 3. The Hall–Kier alpha value is -1.33. The molecule has 5 nitrogen and oxygen atoms in total. The van der Waals surface area contributed by atoms with Gasteiger partial charge in [-0.05, 0) is 26.2 Å². The van der Waals surface area contributed by atoms with Crippen LogP contribution in [-0.4, -0.2) is 56.1 Å². The first-order valence-electron chi connectivity index (χ1n) is 5.47. The van der Waals surface area contributed by atoms with Gasteiger partial charge in [-0.15, -0.1) is 12.4 Å². The maximum absolute atomic E-state index is 11.8. The number of carbonyl (C=O) groups is 1. The van der Waals surface area contributed by atoms with E-state index in [1.807, 2.05) is 37.2 Å². The molecule has 0 spiro atoms. The van der Waals surface area contributed by atoms with Crippen molar-refractivity contribution in [2.24, 2.45) is 0 Å². The first-order valence-corrected chi connectivity index (χ1v) is 5.47. The Kier molecular flexibility index (Phi) is 6.65. The zero-order valence-corrected chi connectivity index (χ0v) is 12.4. The summed E-state index contributed by atoms with van der Waals surface area (Å²) in [4.78, 5) is 21.3. The summed E-state index contributed by atoms with van der Waals surface area (Å²) in [5, 5.41) is 0. The van der Waals surface area contributed by atoms with E-state index >= 15 is 0 Å². The smallest absolute Gasteiger partial charge is 0.324 e. The predicted molar refractivity (Wildman–Crippen MR) is 76.4 cm³/mol. The first-order chi connectivity index (χ1) is 7.91. The Morgan fingerprint density at radius 3 is 2.28 bits per heavy atom. The monoisotopic (exact) mass is 272 g/mol. The van der Waals surface area contributed by atoms with Crippen LogP contribution >= 0.6 is 12.4 Å². The summed E-state index contributed by atoms with van der Waals surface area (Å²) in [5.74, 6) is 0.669. The van der Waals surface area contributed by atoms with Crippen molar-refractivity contribution in [3.8, 4) is 0 Å². The second-order valence-electron chi connectivity index (χ2n) is 4.46. The van der Waals surface area contributed by atoms with E-state index in [2.05, 4.69) is 4.98 Å². The van der Waals surface area contributed by atoms with Crippen LogP contribution in [0.15, 0.2) is 18.2 Å². The third-order valence-corrected chi connectivity index (χ3v) is 2.28. The van der Waals surface area contributed by atoms with E-state index in [1.165, 1.54) is 4.90 Å². The topological polar surface area (TPSA) is 39.7 Å². The van der Waals surface area contributed by atoms with Crippen LogP contribution in [0.1, 0.15) is 5.69 Å². The number of carbonyl (C=O) groups excluding carboxylic acids is 1. The molecule has 0 saturated carbocycles. The molecule has 1 heterocycles. The average Bonchev–Trinajstić information content (AvgIpc) is 2.26. The van der Waals surface area contributed by atoms with Crippen molar-refractivity contribution < 1.29 is 4.79 Å². The van der Waals surface area contributed by atoms with Crippen molar-refractivity contribution in [2.75, 3.05) is 40.1 Å². The van der Waals surface area contributed by atoms with Crippen molar-refractivity contribution in [1.82, 2.24) is 14.8 Å². The fourth-order valence-electron chi connectivity index (χ4n) is 1.46. The fraction of sp³-hybridized carbons (Fsp3) is 0.500. The number of hydrogen-bond donors (Lipinski definition) is 0. The van der Waals surface area contributed by atoms with Gasteiger partial charge in [-0.25, -0.2) is 9.78 Å². The van der Waals surface area contributed by atoms with Crippen LogP contribution in [0, 0.1) is 0 Å². The second kappa shape index (κ2) is 7.18. The highest BCUT2D eigenvalue weighted by molar-refractivity contribution is 5.90. The number of hydrogen-bond acceptors (Lipinski definition) is 3. The van der Waals surface area contributed by atoms with Gasteiger partial charge in [-0.2, -0.15) is 0 Å². The van der Waals surface area contributed by atoms with Crippen LogP contribution in [0.25, 0.3) is 0 Å². The van der Waals surface area contributed by atoms with Crippen LogP contribution in [-0.2, 0) is 6.54 Å². The van der Waals surface area contributed by atoms with E-state index in [4.69, 9.17) is 0 Å². The molecule has 1 aromatic rings. The number of halogens is 1. The van der Waals surface area contributed by atoms with Gasteiger partial charge in [0, 0.05) is 27.7 Å². The molecule has 2 amide bonds. The third-order valence-electron chi connectivity index (χ3n) is 2.28. The van der Waals surface area contributed by atoms with Gasteiger partial charge in [0.05, 0.1) is 5.69 Å². The largest absolute Gasteiger partial charge is 0.330 e. The Morgan fingerprint density at radius 1 is 1.17 bits per heavy atom. The standard InChI is InChI=1S/C12H20N4O.ClH/c1-14(2)9-10-7-6-8-11(13-10)16(5)12(17)15(3)4;/h6-8H,9H2,1-5H3;1H. The molecular formula is C12H21ClN4O. The Labute approximate surface area is 115 Å². The maximum atomic E-state index is 11.8. The van der Waals surface area contributed by atoms with E-state index in [-0.39, 0.29) is 18.4 Å². The minimum atomic E-state index is -0.0838. The first kappa shape index (κ1) is 16.7. The SMILES string of the molecule is CN(C)Cc1cccc(N(C)C(=O)N(C)C)n1.Cl. The number of urea groups is 1. The summed E-state index contributed by atoms with van der Waals surface area (Å²) in [6, 6.07) is 5.62. The molecule has 0 aliphatic rings. The van der Waals surface area contributed by atoms with Gasteiger partial charge in [-0.3, -0.25) is 4.90 Å². The minimum absolute atomic E-state index is 0. The van der Waals surface area contributed by atoms with E-state index in [0.29, 0.717) is 5.82 Å². The van der Waals surface area contributed by atoms with Crippen LogP contribution < -0.4 is 4.90 Å². The van der Waals surface area contributed by atoms with Crippen molar-refractivity contribution in [3.05, 3.63) is 23.9 Å². The number of amides is 2. The van der Waals surface area contributed by atoms with E-state index in [1.54, 1.807) is 26.0 Å². The lowest BCUT2D eigenvalue weighted by Gasteiger charge is -2.21. The molecule has 0 radical (unpaired) electrons. The van der Waals surface area contributed by atoms with Crippen LogP contribution in [0.5, 0.6) is 0 Å². The predicted octanol–water partition coefficient (Wildman–Crippen LogP) is 1.68. The van der Waals surface area contributed by atoms with Gasteiger partial charge in [-0.1, -0.05) is 6.07 Å². The van der Waals surface area contributed by atoms with E-state index in [9.17, 15) is 4.79 Å². The van der Waals surface area contributed by atoms with Gasteiger partial charge in [0.15, 0.2) is 0 Å². The number of anilines is 1. The normalized spacial score (nSPS) is 9.89. The quantitative estimate of drug-likeness (QED) is 0.841. The van der Waals surface area contributed by atoms with Gasteiger partial charge in [0.25, 0.3) is 0 Å². The van der Waals surface area contributed by atoms with Crippen LogP contribution in [0.3, 0.4) is 0 Å². The van der Waals surface area contributed by atoms with E-state index in [0.717, 1.165) is 12.2 Å². The number of aromatic nitrogens is 1. The lowest BCUT2D eigenvalue weighted by molar-refractivity contribution is 0.225. The summed E-state index contributed by atoms with van der Waals surface area (Å²) in [6.45, 7) is 0.762. The molecule has 0 atom stereocenters. The number of nitrogens with zero attached hydrogens (tertiary/aromatic N) is 4. The molecule has 0 aliphatic carbocycles. The molecule has 0 aliphatic heterocycles. The van der Waals surface area contributed by atoms with Gasteiger partial charge in [0.2, 0.25) is 0 Å².